The minimum absolute atomic E-state index is 0.229. The Hall–Kier alpha value is -3.33. The predicted molar refractivity (Wildman–Crippen MR) is 112 cm³/mol. The van der Waals surface area contributed by atoms with E-state index in [1.807, 2.05) is 0 Å². The van der Waals surface area contributed by atoms with Crippen LogP contribution in [0.1, 0.15) is 6.92 Å². The molecule has 9 nitrogen and oxygen atoms in total. The van der Waals surface area contributed by atoms with E-state index < -0.39 is 17.7 Å². The van der Waals surface area contributed by atoms with Crippen molar-refractivity contribution >= 4 is 34.7 Å². The molecule has 0 aliphatic rings. The van der Waals surface area contributed by atoms with Crippen LogP contribution in [0, 0.1) is 0 Å². The van der Waals surface area contributed by atoms with Gasteiger partial charge >= 0.3 is 0 Å². The summed E-state index contributed by atoms with van der Waals surface area (Å²) in [5.74, 6) is 0.120. The van der Waals surface area contributed by atoms with Crippen molar-refractivity contribution in [2.24, 2.45) is 10.2 Å². The van der Waals surface area contributed by atoms with E-state index in [9.17, 15) is 9.59 Å². The molecule has 0 saturated carbocycles. The van der Waals surface area contributed by atoms with E-state index >= 15 is 0 Å². The van der Waals surface area contributed by atoms with Gasteiger partial charge in [-0.15, -0.1) is 0 Å². The van der Waals surface area contributed by atoms with Crippen LogP contribution < -0.4 is 24.3 Å². The van der Waals surface area contributed by atoms with Gasteiger partial charge in [-0.25, -0.2) is 0 Å². The van der Waals surface area contributed by atoms with Crippen molar-refractivity contribution in [1.29, 1.82) is 0 Å². The molecule has 1 amide bonds. The minimum atomic E-state index is -1.41. The lowest BCUT2D eigenvalue weighted by molar-refractivity contribution is -0.126. The number of nitrogens with zero attached hydrogens (tertiary/aromatic N) is 2. The number of amides is 1. The largest absolute Gasteiger partial charge is 0.493 e. The zero-order valence-electron chi connectivity index (χ0n) is 17.2. The van der Waals surface area contributed by atoms with Crippen LogP contribution in [0.4, 0.5) is 11.4 Å². The van der Waals surface area contributed by atoms with Crippen LogP contribution in [0.5, 0.6) is 23.0 Å². The zero-order chi connectivity index (χ0) is 22.3. The van der Waals surface area contributed by atoms with E-state index in [4.69, 9.17) is 30.5 Å². The van der Waals surface area contributed by atoms with Gasteiger partial charge in [0.2, 0.25) is 6.04 Å². The number of rotatable bonds is 9. The van der Waals surface area contributed by atoms with Gasteiger partial charge < -0.3 is 24.3 Å². The summed E-state index contributed by atoms with van der Waals surface area (Å²) in [7, 11) is 5.79. The van der Waals surface area contributed by atoms with Crippen LogP contribution in [0.25, 0.3) is 0 Å². The summed E-state index contributed by atoms with van der Waals surface area (Å²) in [5.41, 5.74) is 0.533. The normalized spacial score (nSPS) is 11.7. The summed E-state index contributed by atoms with van der Waals surface area (Å²) in [6.07, 6.45) is 0. The fraction of sp³-hybridized carbons (Fsp3) is 0.300. The fourth-order valence-corrected chi connectivity index (χ4v) is 2.82. The Morgan fingerprint density at radius 1 is 0.967 bits per heavy atom. The van der Waals surface area contributed by atoms with Crippen LogP contribution in [-0.2, 0) is 9.59 Å². The molecule has 0 bridgehead atoms. The van der Waals surface area contributed by atoms with Crippen LogP contribution in [0.2, 0.25) is 5.02 Å². The molecule has 0 aliphatic carbocycles. The average Bonchev–Trinajstić information content (AvgIpc) is 2.72. The van der Waals surface area contributed by atoms with Gasteiger partial charge in [0.05, 0.1) is 34.1 Å². The SMILES string of the molecule is COc1cccc(N=NC(C(C)=O)C(=O)Nc2cc(Cl)cc(OC)c2OC)c1OC. The third-order valence-electron chi connectivity index (χ3n) is 4.00. The number of anilines is 1. The maximum Gasteiger partial charge on any atom is 0.258 e. The number of carbonyl (C=O) groups is 2. The Bertz CT molecular complexity index is 964. The lowest BCUT2D eigenvalue weighted by Crippen LogP contribution is -2.32. The molecule has 1 unspecified atom stereocenters. The van der Waals surface area contributed by atoms with Crippen molar-refractivity contribution < 1.29 is 28.5 Å². The molecule has 1 N–H and O–H groups in total. The molecular weight excluding hydrogens is 414 g/mol. The smallest absolute Gasteiger partial charge is 0.258 e. The quantitative estimate of drug-likeness (QED) is 0.470. The molecule has 160 valence electrons. The number of azo groups is 1. The molecule has 2 rings (SSSR count). The van der Waals surface area contributed by atoms with E-state index in [1.165, 1.54) is 47.5 Å². The zero-order valence-corrected chi connectivity index (χ0v) is 17.9. The van der Waals surface area contributed by atoms with Crippen LogP contribution >= 0.6 is 11.6 Å². The van der Waals surface area contributed by atoms with E-state index in [1.54, 1.807) is 18.2 Å². The molecule has 0 radical (unpaired) electrons. The molecule has 0 aromatic heterocycles. The Kier molecular flexibility index (Phi) is 7.99. The standard InChI is InChI=1S/C20H22ClN3O6/c1-11(25)17(24-23-13-7-6-8-15(27-2)18(13)29-4)20(26)22-14-9-12(21)10-16(28-3)19(14)30-5/h6-10,17H,1-5H3,(H,22,26). The van der Waals surface area contributed by atoms with Crippen LogP contribution in [0.3, 0.4) is 0 Å². The fourth-order valence-electron chi connectivity index (χ4n) is 2.61. The molecule has 1 atom stereocenters. The van der Waals surface area contributed by atoms with Gasteiger partial charge in [-0.3, -0.25) is 9.59 Å². The molecule has 30 heavy (non-hydrogen) atoms. The number of hydrogen-bond acceptors (Lipinski definition) is 8. The van der Waals surface area contributed by atoms with Crippen molar-refractivity contribution in [2.75, 3.05) is 33.8 Å². The highest BCUT2D eigenvalue weighted by Gasteiger charge is 2.25. The third kappa shape index (κ3) is 5.18. The second-order valence-electron chi connectivity index (χ2n) is 5.92. The topological polar surface area (TPSA) is 108 Å². The molecule has 2 aromatic rings. The Morgan fingerprint density at radius 3 is 2.20 bits per heavy atom. The summed E-state index contributed by atoms with van der Waals surface area (Å²) >= 11 is 6.06. The van der Waals surface area contributed by atoms with Crippen LogP contribution in [-0.4, -0.2) is 46.2 Å². The van der Waals surface area contributed by atoms with E-state index in [-0.39, 0.29) is 11.4 Å². The summed E-state index contributed by atoms with van der Waals surface area (Å²) in [4.78, 5) is 24.8. The van der Waals surface area contributed by atoms with Crippen molar-refractivity contribution in [3.8, 4) is 23.0 Å². The van der Waals surface area contributed by atoms with Gasteiger partial charge in [0.1, 0.15) is 5.69 Å². The van der Waals surface area contributed by atoms with Crippen molar-refractivity contribution in [2.45, 2.75) is 13.0 Å². The number of nitrogens with one attached hydrogen (secondary N) is 1. The number of para-hydroxylation sites is 1. The lowest BCUT2D eigenvalue weighted by Gasteiger charge is -2.15. The Labute approximate surface area is 178 Å². The number of halogens is 1. The first-order chi connectivity index (χ1) is 14.4. The number of Topliss-reactive ketones (excluding diaryl/α,β-unsaturated/α-hetero) is 1. The monoisotopic (exact) mass is 435 g/mol. The minimum Gasteiger partial charge on any atom is -0.493 e. The summed E-state index contributed by atoms with van der Waals surface area (Å²) in [5, 5.41) is 10.8. The van der Waals surface area contributed by atoms with Crippen molar-refractivity contribution in [3.63, 3.8) is 0 Å². The molecule has 2 aromatic carbocycles. The molecule has 0 aliphatic heterocycles. The summed E-state index contributed by atoms with van der Waals surface area (Å²) < 4.78 is 21.0. The maximum absolute atomic E-state index is 12.8. The first kappa shape index (κ1) is 23.0. The second kappa shape index (κ2) is 10.4. The van der Waals surface area contributed by atoms with Crippen LogP contribution in [0.15, 0.2) is 40.6 Å². The molecule has 0 heterocycles. The first-order valence-corrected chi connectivity index (χ1v) is 9.08. The van der Waals surface area contributed by atoms with E-state index in [2.05, 4.69) is 15.5 Å². The molecule has 0 fully saturated rings. The van der Waals surface area contributed by atoms with E-state index in [0.29, 0.717) is 28.0 Å². The third-order valence-corrected chi connectivity index (χ3v) is 4.22. The number of ketones is 1. The highest BCUT2D eigenvalue weighted by atomic mass is 35.5. The average molecular weight is 436 g/mol. The predicted octanol–water partition coefficient (Wildman–Crippen LogP) is 4.05. The number of hydrogen-bond donors (Lipinski definition) is 1. The maximum atomic E-state index is 12.8. The van der Waals surface area contributed by atoms with Gasteiger partial charge in [-0.2, -0.15) is 10.2 Å². The lowest BCUT2D eigenvalue weighted by atomic mass is 10.2. The highest BCUT2D eigenvalue weighted by molar-refractivity contribution is 6.31. The Balaban J connectivity index is 2.35. The van der Waals surface area contributed by atoms with Gasteiger partial charge in [-0.05, 0) is 25.1 Å². The molecular formula is C20H22ClN3O6. The number of carbonyl (C=O) groups excluding carboxylic acids is 2. The van der Waals surface area contributed by atoms with E-state index in [0.717, 1.165) is 0 Å². The van der Waals surface area contributed by atoms with Gasteiger partial charge in [0.25, 0.3) is 5.91 Å². The number of methoxy groups -OCH3 is 4. The highest BCUT2D eigenvalue weighted by Crippen LogP contribution is 2.39. The van der Waals surface area contributed by atoms with Gasteiger partial charge in [0, 0.05) is 11.1 Å². The molecule has 0 saturated heterocycles. The summed E-state index contributed by atoms with van der Waals surface area (Å²) in [6, 6.07) is 6.59. The van der Waals surface area contributed by atoms with Crippen molar-refractivity contribution in [3.05, 3.63) is 35.4 Å². The summed E-state index contributed by atoms with van der Waals surface area (Å²) in [6.45, 7) is 1.24. The Morgan fingerprint density at radius 2 is 1.63 bits per heavy atom. The van der Waals surface area contributed by atoms with Gasteiger partial charge in [0.15, 0.2) is 28.8 Å². The number of benzene rings is 2. The van der Waals surface area contributed by atoms with Crippen molar-refractivity contribution in [1.82, 2.24) is 0 Å². The first-order valence-electron chi connectivity index (χ1n) is 8.70. The molecule has 10 heteroatoms. The van der Waals surface area contributed by atoms with Gasteiger partial charge in [-0.1, -0.05) is 17.7 Å². The second-order valence-corrected chi connectivity index (χ2v) is 6.36. The molecule has 0 spiro atoms. The number of ether oxygens (including phenoxy) is 4.